The van der Waals surface area contributed by atoms with Crippen LogP contribution in [0.5, 0.6) is 0 Å². The minimum Gasteiger partial charge on any atom is -0.456 e. The Bertz CT molecular complexity index is 1290. The molecular weight excluding hydrogens is 916 g/mol. The average molecular weight is 1040 g/mol. The summed E-state index contributed by atoms with van der Waals surface area (Å²) in [5.41, 5.74) is 0. The van der Waals surface area contributed by atoms with Gasteiger partial charge in [0.25, 0.3) is 0 Å². The maximum Gasteiger partial charge on any atom is 0.472 e. The van der Waals surface area contributed by atoms with Gasteiger partial charge in [0.05, 0.1) is 33.8 Å². The van der Waals surface area contributed by atoms with Gasteiger partial charge in [0.2, 0.25) is 5.91 Å². The Morgan fingerprint density at radius 3 is 1.18 bits per heavy atom. The number of unbranched alkanes of at least 4 members (excludes halogenated alkanes) is 39. The number of phosphoric acid groups is 1. The maximum absolute atomic E-state index is 13.5. The highest BCUT2D eigenvalue weighted by atomic mass is 31.2. The second kappa shape index (κ2) is 52.9. The van der Waals surface area contributed by atoms with Crippen molar-refractivity contribution in [1.29, 1.82) is 0 Å². The molecule has 0 heterocycles. The third-order valence-electron chi connectivity index (χ3n) is 14.1. The Morgan fingerprint density at radius 1 is 0.472 bits per heavy atom. The predicted molar refractivity (Wildman–Crippen MR) is 310 cm³/mol. The standard InChI is InChI=1S/C62H121N2O7P/c1-7-10-13-16-19-22-25-28-29-30-31-32-33-34-35-37-39-42-45-48-51-54-61(65)63-59(58-70-72(67,68)69-57-56-64(4,5)6)60(53-50-47-44-41-38-27-24-21-18-15-12-9-3)71-62(66)55-52-49-46-43-40-36-26-23-20-17-14-11-8-2/h28-29,50,53,59-60H,7-27,30-49,51-52,54-58H2,1-6H3,(H-,63,65,67,68)/p+1/b29-28+,53-50-. The fraction of sp³-hybridized carbons (Fsp3) is 0.903. The van der Waals surface area contributed by atoms with E-state index in [0.29, 0.717) is 23.9 Å². The van der Waals surface area contributed by atoms with Gasteiger partial charge in [-0.25, -0.2) is 4.57 Å². The monoisotopic (exact) mass is 1040 g/mol. The maximum atomic E-state index is 13.5. The number of quaternary nitrogens is 1. The second-order valence-corrected chi connectivity index (χ2v) is 24.0. The summed E-state index contributed by atoms with van der Waals surface area (Å²) in [6.45, 7) is 7.04. The number of ether oxygens (including phenoxy) is 1. The van der Waals surface area contributed by atoms with Crippen LogP contribution in [0, 0.1) is 0 Å². The van der Waals surface area contributed by atoms with Gasteiger partial charge in [0.1, 0.15) is 19.3 Å². The molecule has 0 aromatic carbocycles. The smallest absolute Gasteiger partial charge is 0.456 e. The van der Waals surface area contributed by atoms with Crippen LogP contribution in [0.4, 0.5) is 0 Å². The van der Waals surface area contributed by atoms with Crippen molar-refractivity contribution in [1.82, 2.24) is 5.32 Å². The second-order valence-electron chi connectivity index (χ2n) is 22.6. The lowest BCUT2D eigenvalue weighted by Gasteiger charge is -2.27. The third-order valence-corrected chi connectivity index (χ3v) is 15.1. The number of likely N-dealkylation sites (N-methyl/N-ethyl adjacent to an activating group) is 1. The number of hydrogen-bond donors (Lipinski definition) is 2. The lowest BCUT2D eigenvalue weighted by atomic mass is 10.0. The van der Waals surface area contributed by atoms with E-state index in [2.05, 4.69) is 38.2 Å². The quantitative estimate of drug-likeness (QED) is 0.0205. The van der Waals surface area contributed by atoms with E-state index in [0.717, 1.165) is 57.8 Å². The lowest BCUT2D eigenvalue weighted by molar-refractivity contribution is -0.870. The summed E-state index contributed by atoms with van der Waals surface area (Å²) in [6.07, 6.45) is 61.7. The number of nitrogens with zero attached hydrogens (tertiary/aromatic N) is 1. The number of carbonyl (C=O) groups is 2. The zero-order chi connectivity index (χ0) is 52.9. The van der Waals surface area contributed by atoms with Crippen LogP contribution in [-0.4, -0.2) is 74.3 Å². The number of nitrogens with one attached hydrogen (secondary N) is 1. The van der Waals surface area contributed by atoms with Crippen LogP contribution in [0.15, 0.2) is 24.3 Å². The molecule has 9 nitrogen and oxygen atoms in total. The molecule has 0 radical (unpaired) electrons. The van der Waals surface area contributed by atoms with E-state index < -0.39 is 20.0 Å². The van der Waals surface area contributed by atoms with Crippen LogP contribution >= 0.6 is 7.82 Å². The number of esters is 1. The molecule has 3 atom stereocenters. The predicted octanol–water partition coefficient (Wildman–Crippen LogP) is 18.9. The number of rotatable bonds is 57. The molecule has 1 amide bonds. The number of phosphoric ester groups is 1. The highest BCUT2D eigenvalue weighted by Crippen LogP contribution is 2.43. The lowest BCUT2D eigenvalue weighted by Crippen LogP contribution is -2.47. The molecule has 0 aliphatic carbocycles. The topological polar surface area (TPSA) is 111 Å². The molecule has 0 aromatic rings. The summed E-state index contributed by atoms with van der Waals surface area (Å²) >= 11 is 0. The Balaban J connectivity index is 5.17. The fourth-order valence-electron chi connectivity index (χ4n) is 9.29. The minimum absolute atomic E-state index is 0.0437. The Kier molecular flexibility index (Phi) is 51.8. The molecule has 0 spiro atoms. The van der Waals surface area contributed by atoms with Gasteiger partial charge in [0.15, 0.2) is 0 Å². The first kappa shape index (κ1) is 70.5. The first-order valence-electron chi connectivity index (χ1n) is 31.2. The molecule has 0 saturated heterocycles. The van der Waals surface area contributed by atoms with Gasteiger partial charge in [-0.3, -0.25) is 18.6 Å². The molecule has 0 aliphatic heterocycles. The molecule has 0 aromatic heterocycles. The van der Waals surface area contributed by atoms with E-state index >= 15 is 0 Å². The molecular formula is C62H122N2O7P+. The zero-order valence-electron chi connectivity index (χ0n) is 48.7. The zero-order valence-corrected chi connectivity index (χ0v) is 49.6. The molecule has 10 heteroatoms. The van der Waals surface area contributed by atoms with Gasteiger partial charge < -0.3 is 19.4 Å². The molecule has 0 fully saturated rings. The summed E-state index contributed by atoms with van der Waals surface area (Å²) < 4.78 is 30.7. The normalized spacial score (nSPS) is 13.8. The van der Waals surface area contributed by atoms with Crippen molar-refractivity contribution in [3.63, 3.8) is 0 Å². The SMILES string of the molecule is CCCCCCCC/C=C/CCCCCCCCCCCCCC(=O)NC(COP(=O)(O)OCC[N+](C)(C)C)C(/C=C\CCCCCCCCCCCC)OC(=O)CCCCCCCCCCCCCCC. The minimum atomic E-state index is -4.44. The van der Waals surface area contributed by atoms with Gasteiger partial charge in [-0.15, -0.1) is 0 Å². The van der Waals surface area contributed by atoms with Gasteiger partial charge in [-0.1, -0.05) is 264 Å². The molecule has 0 saturated carbocycles. The van der Waals surface area contributed by atoms with E-state index in [9.17, 15) is 19.0 Å². The highest BCUT2D eigenvalue weighted by molar-refractivity contribution is 7.47. The molecule has 426 valence electrons. The third kappa shape index (κ3) is 53.3. The molecule has 0 bridgehead atoms. The Morgan fingerprint density at radius 2 is 0.806 bits per heavy atom. The van der Waals surface area contributed by atoms with Crippen LogP contribution in [0.3, 0.4) is 0 Å². The summed E-state index contributed by atoms with van der Waals surface area (Å²) in [5.74, 6) is -0.490. The molecule has 0 aliphatic rings. The van der Waals surface area contributed by atoms with E-state index in [4.69, 9.17) is 13.8 Å². The van der Waals surface area contributed by atoms with Crippen molar-refractivity contribution >= 4 is 19.7 Å². The first-order chi connectivity index (χ1) is 34.9. The van der Waals surface area contributed by atoms with E-state index in [1.807, 2.05) is 33.3 Å². The molecule has 2 N–H and O–H groups in total. The first-order valence-corrected chi connectivity index (χ1v) is 32.7. The fourth-order valence-corrected chi connectivity index (χ4v) is 10.0. The van der Waals surface area contributed by atoms with E-state index in [1.54, 1.807) is 0 Å². The van der Waals surface area contributed by atoms with Crippen molar-refractivity contribution in [2.24, 2.45) is 0 Å². The summed E-state index contributed by atoms with van der Waals surface area (Å²) in [5, 5.41) is 3.06. The summed E-state index contributed by atoms with van der Waals surface area (Å²) in [6, 6.07) is -0.842. The van der Waals surface area contributed by atoms with Crippen molar-refractivity contribution in [3.05, 3.63) is 24.3 Å². The number of allylic oxidation sites excluding steroid dienone is 3. The van der Waals surface area contributed by atoms with Crippen LogP contribution in [0.1, 0.15) is 310 Å². The van der Waals surface area contributed by atoms with Crippen molar-refractivity contribution in [3.8, 4) is 0 Å². The van der Waals surface area contributed by atoms with Gasteiger partial charge in [-0.2, -0.15) is 0 Å². The van der Waals surface area contributed by atoms with E-state index in [1.165, 1.54) is 218 Å². The largest absolute Gasteiger partial charge is 0.472 e. The number of hydrogen-bond acceptors (Lipinski definition) is 6. The molecule has 72 heavy (non-hydrogen) atoms. The van der Waals surface area contributed by atoms with Gasteiger partial charge >= 0.3 is 13.8 Å². The van der Waals surface area contributed by atoms with Gasteiger partial charge in [-0.05, 0) is 57.4 Å². The highest BCUT2D eigenvalue weighted by Gasteiger charge is 2.30. The number of amides is 1. The van der Waals surface area contributed by atoms with Crippen LogP contribution < -0.4 is 5.32 Å². The van der Waals surface area contributed by atoms with E-state index in [-0.39, 0.29) is 25.1 Å². The van der Waals surface area contributed by atoms with Crippen LogP contribution in [0.25, 0.3) is 0 Å². The van der Waals surface area contributed by atoms with Crippen LogP contribution in [0.2, 0.25) is 0 Å². The Labute approximate surface area is 447 Å². The summed E-state index contributed by atoms with van der Waals surface area (Å²) in [7, 11) is 1.51. The van der Waals surface area contributed by atoms with Crippen LogP contribution in [-0.2, 0) is 27.9 Å². The summed E-state index contributed by atoms with van der Waals surface area (Å²) in [4.78, 5) is 37.7. The number of carbonyl (C=O) groups excluding carboxylic acids is 2. The van der Waals surface area contributed by atoms with Gasteiger partial charge in [0, 0.05) is 12.8 Å². The molecule has 3 unspecified atom stereocenters. The molecule has 0 rings (SSSR count). The van der Waals surface area contributed by atoms with Crippen molar-refractivity contribution < 1.29 is 37.3 Å². The average Bonchev–Trinajstić information content (AvgIpc) is 3.34. The van der Waals surface area contributed by atoms with Crippen molar-refractivity contribution in [2.45, 2.75) is 322 Å². The van der Waals surface area contributed by atoms with Crippen molar-refractivity contribution in [2.75, 3.05) is 40.9 Å². The Hall–Kier alpha value is -1.51.